The Hall–Kier alpha value is -4.01. The summed E-state index contributed by atoms with van der Waals surface area (Å²) in [6, 6.07) is 5.20. The second-order valence-corrected chi connectivity index (χ2v) is 11.5. The quantitative estimate of drug-likeness (QED) is 0.359. The average molecular weight is 558 g/mol. The van der Waals surface area contributed by atoms with Crippen molar-refractivity contribution in [2.75, 3.05) is 31.1 Å². The second-order valence-electron chi connectivity index (χ2n) is 11.5. The summed E-state index contributed by atoms with van der Waals surface area (Å²) >= 11 is 0. The van der Waals surface area contributed by atoms with Crippen molar-refractivity contribution in [2.24, 2.45) is 0 Å². The molecule has 0 aliphatic carbocycles. The molecule has 2 aromatic heterocycles. The summed E-state index contributed by atoms with van der Waals surface area (Å²) in [7, 11) is 0. The third kappa shape index (κ3) is 3.77. The molecule has 41 heavy (non-hydrogen) atoms. The highest BCUT2D eigenvalue weighted by Crippen LogP contribution is 2.40. The van der Waals surface area contributed by atoms with E-state index in [-0.39, 0.29) is 56.2 Å². The number of hydrogen-bond donors (Lipinski definition) is 2. The van der Waals surface area contributed by atoms with Crippen molar-refractivity contribution in [3.63, 3.8) is 0 Å². The lowest BCUT2D eigenvalue weighted by atomic mass is 9.95. The van der Waals surface area contributed by atoms with Gasteiger partial charge in [0.1, 0.15) is 17.0 Å². The van der Waals surface area contributed by atoms with Crippen LogP contribution in [0.1, 0.15) is 37.9 Å². The minimum atomic E-state index is -1.16. The van der Waals surface area contributed by atoms with Crippen LogP contribution in [-0.2, 0) is 0 Å². The SMILES string of the molecule is Oc1cc(-c2nnc3c(N4C[C@H]5C[C@@H]4CN5)nc(C#CC45CCCN4CCC5)nc3c2F)c2c(F)c(F)ccc2c1. The molecule has 4 aliphatic rings. The van der Waals surface area contributed by atoms with Gasteiger partial charge in [-0.2, -0.15) is 0 Å². The number of piperazine rings is 1. The van der Waals surface area contributed by atoms with Gasteiger partial charge in [-0.15, -0.1) is 10.2 Å². The maximum atomic E-state index is 16.5. The molecular weight excluding hydrogens is 531 g/mol. The first kappa shape index (κ1) is 24.8. The standard InChI is InChI=1S/C30H26F3N7O/c31-21-4-3-16-11-19(41)13-20(23(16)24(21)32)26-25(33)27-28(38-37-26)29(40-15-17-12-18(40)14-34-17)36-22(35-27)5-8-30-6-1-9-39(30)10-2-7-30/h3-4,11,13,17-18,34,41H,1-2,6-7,9-10,12,14-15H2/t17-,18-/m1/s1. The van der Waals surface area contributed by atoms with Crippen LogP contribution in [-0.4, -0.2) is 74.0 Å². The van der Waals surface area contributed by atoms with E-state index in [0.29, 0.717) is 18.4 Å². The fourth-order valence-corrected chi connectivity index (χ4v) is 7.24. The van der Waals surface area contributed by atoms with Crippen LogP contribution in [0, 0.1) is 29.3 Å². The van der Waals surface area contributed by atoms with Crippen LogP contribution in [0.5, 0.6) is 5.75 Å². The Kier molecular flexibility index (Phi) is 5.43. The molecule has 0 spiro atoms. The molecule has 0 saturated carbocycles. The predicted octanol–water partition coefficient (Wildman–Crippen LogP) is 3.89. The number of hydrogen-bond acceptors (Lipinski definition) is 8. The topological polar surface area (TPSA) is 90.3 Å². The molecule has 4 fully saturated rings. The van der Waals surface area contributed by atoms with E-state index in [4.69, 9.17) is 4.98 Å². The van der Waals surface area contributed by atoms with Gasteiger partial charge in [0.2, 0.25) is 5.82 Å². The van der Waals surface area contributed by atoms with Gasteiger partial charge >= 0.3 is 0 Å². The smallest absolute Gasteiger partial charge is 0.207 e. The molecule has 4 aromatic rings. The average Bonchev–Trinajstić information content (AvgIpc) is 3.76. The summed E-state index contributed by atoms with van der Waals surface area (Å²) in [5, 5.41) is 22.3. The van der Waals surface area contributed by atoms with E-state index in [1.807, 2.05) is 0 Å². The van der Waals surface area contributed by atoms with Crippen molar-refractivity contribution in [2.45, 2.75) is 49.7 Å². The molecule has 2 bridgehead atoms. The highest BCUT2D eigenvalue weighted by molar-refractivity contribution is 5.99. The van der Waals surface area contributed by atoms with E-state index in [1.165, 1.54) is 12.1 Å². The summed E-state index contributed by atoms with van der Waals surface area (Å²) < 4.78 is 45.7. The number of rotatable bonds is 2. The maximum absolute atomic E-state index is 16.5. The molecule has 4 aliphatic heterocycles. The number of aromatic nitrogens is 4. The zero-order chi connectivity index (χ0) is 27.9. The third-order valence-electron chi connectivity index (χ3n) is 9.16. The predicted molar refractivity (Wildman–Crippen MR) is 147 cm³/mol. The normalized spacial score (nSPS) is 23.0. The summed E-state index contributed by atoms with van der Waals surface area (Å²) in [5.41, 5.74) is -0.570. The Morgan fingerprint density at radius 2 is 1.83 bits per heavy atom. The van der Waals surface area contributed by atoms with Crippen molar-refractivity contribution in [1.29, 1.82) is 0 Å². The Balaban J connectivity index is 1.34. The molecule has 2 N–H and O–H groups in total. The molecule has 0 unspecified atom stereocenters. The van der Waals surface area contributed by atoms with Gasteiger partial charge in [0.15, 0.2) is 28.8 Å². The monoisotopic (exact) mass is 557 g/mol. The minimum Gasteiger partial charge on any atom is -0.508 e. The van der Waals surface area contributed by atoms with E-state index in [2.05, 4.69) is 42.1 Å². The lowest BCUT2D eigenvalue weighted by Crippen LogP contribution is -2.44. The summed E-state index contributed by atoms with van der Waals surface area (Å²) in [6.07, 6.45) is 5.09. The molecule has 8 nitrogen and oxygen atoms in total. The number of nitrogens with one attached hydrogen (secondary N) is 1. The van der Waals surface area contributed by atoms with Crippen LogP contribution < -0.4 is 10.2 Å². The minimum absolute atomic E-state index is 0.0967. The number of phenols is 1. The number of fused-ring (bicyclic) bond motifs is 5. The highest BCUT2D eigenvalue weighted by atomic mass is 19.2. The van der Waals surface area contributed by atoms with Crippen LogP contribution in [0.3, 0.4) is 0 Å². The van der Waals surface area contributed by atoms with E-state index in [0.717, 1.165) is 63.9 Å². The van der Waals surface area contributed by atoms with E-state index in [1.54, 1.807) is 0 Å². The van der Waals surface area contributed by atoms with Crippen LogP contribution in [0.15, 0.2) is 24.3 Å². The highest BCUT2D eigenvalue weighted by Gasteiger charge is 2.43. The van der Waals surface area contributed by atoms with Crippen molar-refractivity contribution >= 4 is 27.6 Å². The molecule has 4 saturated heterocycles. The van der Waals surface area contributed by atoms with Crippen LogP contribution >= 0.6 is 0 Å². The first-order valence-electron chi connectivity index (χ1n) is 14.0. The summed E-state index contributed by atoms with van der Waals surface area (Å²) in [5.74, 6) is 3.91. The molecule has 2 atom stereocenters. The molecule has 208 valence electrons. The fourth-order valence-electron chi connectivity index (χ4n) is 7.24. The number of phenolic OH excluding ortho intramolecular Hbond substituents is 1. The molecule has 0 radical (unpaired) electrons. The number of benzene rings is 2. The molecule has 2 aromatic carbocycles. The summed E-state index contributed by atoms with van der Waals surface area (Å²) in [6.45, 7) is 3.51. The van der Waals surface area contributed by atoms with E-state index < -0.39 is 17.5 Å². The number of anilines is 1. The van der Waals surface area contributed by atoms with Crippen molar-refractivity contribution < 1.29 is 18.3 Å². The fraction of sp³-hybridized carbons (Fsp3) is 0.400. The van der Waals surface area contributed by atoms with Gasteiger partial charge in [-0.05, 0) is 74.7 Å². The Morgan fingerprint density at radius 3 is 2.59 bits per heavy atom. The van der Waals surface area contributed by atoms with Crippen molar-refractivity contribution in [1.82, 2.24) is 30.4 Å². The molecule has 8 rings (SSSR count). The molecule has 6 heterocycles. The first-order chi connectivity index (χ1) is 19.9. The van der Waals surface area contributed by atoms with Crippen molar-refractivity contribution in [3.05, 3.63) is 47.5 Å². The van der Waals surface area contributed by atoms with Gasteiger partial charge in [-0.3, -0.25) is 4.90 Å². The lowest BCUT2D eigenvalue weighted by molar-refractivity contribution is 0.261. The zero-order valence-corrected chi connectivity index (χ0v) is 22.1. The van der Waals surface area contributed by atoms with E-state index >= 15 is 8.78 Å². The van der Waals surface area contributed by atoms with Crippen LogP contribution in [0.4, 0.5) is 19.0 Å². The Morgan fingerprint density at radius 1 is 1.00 bits per heavy atom. The van der Waals surface area contributed by atoms with Gasteiger partial charge in [0, 0.05) is 36.1 Å². The number of nitrogens with zero attached hydrogens (tertiary/aromatic N) is 6. The van der Waals surface area contributed by atoms with Gasteiger partial charge in [-0.1, -0.05) is 12.0 Å². The largest absolute Gasteiger partial charge is 0.508 e. The lowest BCUT2D eigenvalue weighted by Gasteiger charge is -2.29. The Bertz CT molecular complexity index is 1810. The van der Waals surface area contributed by atoms with Crippen molar-refractivity contribution in [3.8, 4) is 28.8 Å². The Labute approximate surface area is 233 Å². The number of aromatic hydroxyl groups is 1. The molecule has 0 amide bonds. The first-order valence-corrected chi connectivity index (χ1v) is 14.0. The number of halogens is 3. The second kappa shape index (κ2) is 8.99. The molecule has 11 heteroatoms. The maximum Gasteiger partial charge on any atom is 0.207 e. The summed E-state index contributed by atoms with van der Waals surface area (Å²) in [4.78, 5) is 13.8. The van der Waals surface area contributed by atoms with Gasteiger partial charge in [0.25, 0.3) is 0 Å². The van der Waals surface area contributed by atoms with E-state index in [9.17, 15) is 9.50 Å². The molecular formula is C30H26F3N7O. The van der Waals surface area contributed by atoms with Crippen LogP contribution in [0.25, 0.3) is 33.1 Å². The van der Waals surface area contributed by atoms with Crippen LogP contribution in [0.2, 0.25) is 0 Å². The zero-order valence-electron chi connectivity index (χ0n) is 22.1. The van der Waals surface area contributed by atoms with Gasteiger partial charge in [0.05, 0.1) is 5.54 Å². The third-order valence-corrected chi connectivity index (χ3v) is 9.16. The van der Waals surface area contributed by atoms with Gasteiger partial charge in [-0.25, -0.2) is 23.1 Å². The van der Waals surface area contributed by atoms with Gasteiger partial charge < -0.3 is 15.3 Å².